The third kappa shape index (κ3) is 3.33. The van der Waals surface area contributed by atoms with Gasteiger partial charge in [0, 0.05) is 29.9 Å². The number of amides is 1. The molecule has 1 aromatic heterocycles. The maximum atomic E-state index is 12.0. The molecule has 4 nitrogen and oxygen atoms in total. The van der Waals surface area contributed by atoms with Gasteiger partial charge < -0.3 is 10.2 Å². The minimum atomic E-state index is 0.255. The zero-order valence-electron chi connectivity index (χ0n) is 13.2. The molecule has 2 aromatic rings. The fourth-order valence-corrected chi connectivity index (χ4v) is 4.64. The minimum Gasteiger partial charge on any atom is -0.351 e. The second-order valence-electron chi connectivity index (χ2n) is 6.40. The summed E-state index contributed by atoms with van der Waals surface area (Å²) in [7, 11) is 0. The van der Waals surface area contributed by atoms with Crippen molar-refractivity contribution < 1.29 is 4.79 Å². The number of nitrogens with zero attached hydrogens (tertiary/aromatic N) is 2. The number of rotatable bonds is 4. The summed E-state index contributed by atoms with van der Waals surface area (Å²) in [5.74, 6) is 0.545. The second-order valence-corrected chi connectivity index (χ2v) is 8.29. The molecule has 2 heterocycles. The van der Waals surface area contributed by atoms with Crippen molar-refractivity contribution in [1.82, 2.24) is 10.3 Å². The van der Waals surface area contributed by atoms with Crippen LogP contribution in [0.2, 0.25) is 0 Å². The Kier molecular flexibility index (Phi) is 4.20. The van der Waals surface area contributed by atoms with Gasteiger partial charge in [0.05, 0.1) is 10.2 Å². The number of anilines is 1. The molecule has 0 radical (unpaired) electrons. The van der Waals surface area contributed by atoms with E-state index in [9.17, 15) is 4.79 Å². The van der Waals surface area contributed by atoms with E-state index in [1.54, 1.807) is 23.1 Å². The number of thiazole rings is 1. The van der Waals surface area contributed by atoms with E-state index in [2.05, 4.69) is 34.7 Å². The van der Waals surface area contributed by atoms with Gasteiger partial charge in [0.2, 0.25) is 5.91 Å². The fraction of sp³-hybridized carbons (Fsp3) is 0.529. The van der Waals surface area contributed by atoms with Crippen LogP contribution in [0.1, 0.15) is 25.7 Å². The number of piperidine rings is 1. The molecule has 0 bridgehead atoms. The van der Waals surface area contributed by atoms with E-state index in [-0.39, 0.29) is 17.9 Å². The molecule has 1 aliphatic heterocycles. The Balaban J connectivity index is 1.49. The number of carbonyl (C=O) groups is 1. The van der Waals surface area contributed by atoms with Gasteiger partial charge in [-0.25, -0.2) is 4.98 Å². The van der Waals surface area contributed by atoms with Gasteiger partial charge in [-0.1, -0.05) is 11.3 Å². The average molecular weight is 348 g/mol. The highest BCUT2D eigenvalue weighted by atomic mass is 32.2. The van der Waals surface area contributed by atoms with E-state index >= 15 is 0 Å². The summed E-state index contributed by atoms with van der Waals surface area (Å²) in [5.41, 5.74) is 1.08. The van der Waals surface area contributed by atoms with Crippen LogP contribution in [0.3, 0.4) is 0 Å². The normalized spacial score (nSPS) is 21.6. The van der Waals surface area contributed by atoms with Gasteiger partial charge in [0.1, 0.15) is 0 Å². The lowest BCUT2D eigenvalue weighted by atomic mass is 10.1. The van der Waals surface area contributed by atoms with Gasteiger partial charge in [-0.15, -0.1) is 11.8 Å². The Bertz CT molecular complexity index is 726. The fourth-order valence-electron chi connectivity index (χ4n) is 3.09. The van der Waals surface area contributed by atoms with Crippen LogP contribution in [0.25, 0.3) is 10.2 Å². The van der Waals surface area contributed by atoms with Gasteiger partial charge >= 0.3 is 0 Å². The molecule has 1 aliphatic carbocycles. The van der Waals surface area contributed by atoms with Crippen molar-refractivity contribution >= 4 is 44.4 Å². The molecule has 1 saturated heterocycles. The third-order valence-corrected chi connectivity index (χ3v) is 6.38. The van der Waals surface area contributed by atoms with Gasteiger partial charge in [-0.3, -0.25) is 4.79 Å². The summed E-state index contributed by atoms with van der Waals surface area (Å²) in [6.07, 6.45) is 6.43. The SMILES string of the molecule is CSc1ccc2nc(N3CCCC(NC(=O)C4CC4)C3)sc2c1. The highest BCUT2D eigenvalue weighted by Gasteiger charge is 2.32. The van der Waals surface area contributed by atoms with E-state index in [0.29, 0.717) is 0 Å². The first-order chi connectivity index (χ1) is 11.2. The van der Waals surface area contributed by atoms with Gasteiger partial charge in [0.15, 0.2) is 5.13 Å². The summed E-state index contributed by atoms with van der Waals surface area (Å²) >= 11 is 3.52. The zero-order chi connectivity index (χ0) is 15.8. The van der Waals surface area contributed by atoms with Crippen molar-refractivity contribution in [1.29, 1.82) is 0 Å². The number of fused-ring (bicyclic) bond motifs is 1. The molecule has 4 rings (SSSR count). The van der Waals surface area contributed by atoms with Crippen LogP contribution >= 0.6 is 23.1 Å². The van der Waals surface area contributed by atoms with Gasteiger partial charge in [-0.05, 0) is 50.1 Å². The van der Waals surface area contributed by atoms with Crippen LogP contribution in [-0.4, -0.2) is 36.3 Å². The molecule has 23 heavy (non-hydrogen) atoms. The first-order valence-electron chi connectivity index (χ1n) is 8.23. The molecule has 122 valence electrons. The summed E-state index contributed by atoms with van der Waals surface area (Å²) in [4.78, 5) is 20.4. The first kappa shape index (κ1) is 15.3. The van der Waals surface area contributed by atoms with Gasteiger partial charge in [-0.2, -0.15) is 0 Å². The number of hydrogen-bond acceptors (Lipinski definition) is 5. The molecular formula is C17H21N3OS2. The Morgan fingerprint density at radius 1 is 1.39 bits per heavy atom. The Morgan fingerprint density at radius 3 is 3.04 bits per heavy atom. The quantitative estimate of drug-likeness (QED) is 0.860. The van der Waals surface area contributed by atoms with Crippen molar-refractivity contribution in [2.75, 3.05) is 24.2 Å². The lowest BCUT2D eigenvalue weighted by Gasteiger charge is -2.33. The lowest BCUT2D eigenvalue weighted by Crippen LogP contribution is -2.48. The maximum absolute atomic E-state index is 12.0. The van der Waals surface area contributed by atoms with Crippen LogP contribution in [0.4, 0.5) is 5.13 Å². The molecule has 6 heteroatoms. The number of nitrogens with one attached hydrogen (secondary N) is 1. The molecule has 1 unspecified atom stereocenters. The molecule has 1 atom stereocenters. The molecule has 1 saturated carbocycles. The van der Waals surface area contributed by atoms with E-state index in [1.165, 1.54) is 9.60 Å². The van der Waals surface area contributed by atoms with E-state index in [0.717, 1.165) is 49.4 Å². The van der Waals surface area contributed by atoms with Crippen molar-refractivity contribution in [3.63, 3.8) is 0 Å². The summed E-state index contributed by atoms with van der Waals surface area (Å²) in [6.45, 7) is 1.92. The Morgan fingerprint density at radius 2 is 2.26 bits per heavy atom. The topological polar surface area (TPSA) is 45.2 Å². The van der Waals surface area contributed by atoms with Crippen LogP contribution in [0, 0.1) is 5.92 Å². The number of thioether (sulfide) groups is 1. The molecule has 2 aliphatic rings. The highest BCUT2D eigenvalue weighted by Crippen LogP contribution is 2.33. The van der Waals surface area contributed by atoms with Crippen LogP contribution in [0.15, 0.2) is 23.1 Å². The molecule has 1 amide bonds. The predicted molar refractivity (Wildman–Crippen MR) is 97.5 cm³/mol. The summed E-state index contributed by atoms with van der Waals surface area (Å²) in [5, 5.41) is 4.31. The average Bonchev–Trinajstić information content (AvgIpc) is 3.34. The second kappa shape index (κ2) is 6.32. The number of aromatic nitrogens is 1. The first-order valence-corrected chi connectivity index (χ1v) is 10.3. The highest BCUT2D eigenvalue weighted by molar-refractivity contribution is 7.98. The summed E-state index contributed by atoms with van der Waals surface area (Å²) < 4.78 is 1.25. The van der Waals surface area contributed by atoms with Crippen molar-refractivity contribution in [3.05, 3.63) is 18.2 Å². The van der Waals surface area contributed by atoms with Crippen LogP contribution < -0.4 is 10.2 Å². The minimum absolute atomic E-state index is 0.255. The van der Waals surface area contributed by atoms with E-state index in [1.807, 2.05) is 0 Å². The van der Waals surface area contributed by atoms with Crippen molar-refractivity contribution in [2.45, 2.75) is 36.6 Å². The Labute approximate surface area is 144 Å². The van der Waals surface area contributed by atoms with Crippen molar-refractivity contribution in [2.24, 2.45) is 5.92 Å². The predicted octanol–water partition coefficient (Wildman–Crippen LogP) is 3.51. The lowest BCUT2D eigenvalue weighted by molar-refractivity contribution is -0.123. The smallest absolute Gasteiger partial charge is 0.223 e. The van der Waals surface area contributed by atoms with Crippen LogP contribution in [-0.2, 0) is 4.79 Å². The largest absolute Gasteiger partial charge is 0.351 e. The monoisotopic (exact) mass is 347 g/mol. The van der Waals surface area contributed by atoms with Crippen molar-refractivity contribution in [3.8, 4) is 0 Å². The molecule has 2 fully saturated rings. The Hall–Kier alpha value is -1.27. The van der Waals surface area contributed by atoms with E-state index in [4.69, 9.17) is 4.98 Å². The number of benzene rings is 1. The maximum Gasteiger partial charge on any atom is 0.223 e. The number of carbonyl (C=O) groups excluding carboxylic acids is 1. The molecular weight excluding hydrogens is 326 g/mol. The number of hydrogen-bond donors (Lipinski definition) is 1. The van der Waals surface area contributed by atoms with Crippen LogP contribution in [0.5, 0.6) is 0 Å². The standard InChI is InChI=1S/C17H21N3OS2/c1-22-13-6-7-14-15(9-13)23-17(19-14)20-8-2-3-12(10-20)18-16(21)11-4-5-11/h6-7,9,11-12H,2-5,8,10H2,1H3,(H,18,21). The summed E-state index contributed by atoms with van der Waals surface area (Å²) in [6, 6.07) is 6.73. The molecule has 0 spiro atoms. The van der Waals surface area contributed by atoms with E-state index < -0.39 is 0 Å². The zero-order valence-corrected chi connectivity index (χ0v) is 14.9. The van der Waals surface area contributed by atoms with Gasteiger partial charge in [0.25, 0.3) is 0 Å². The third-order valence-electron chi connectivity index (χ3n) is 4.57. The molecule has 1 aromatic carbocycles. The molecule has 1 N–H and O–H groups in total.